The SMILES string of the molecule is CCC(=O)c1ccccc1OC[C@H](O)CN1CCOCC1. The lowest BCUT2D eigenvalue weighted by atomic mass is 10.1. The summed E-state index contributed by atoms with van der Waals surface area (Å²) in [6.07, 6.45) is -0.135. The van der Waals surface area contributed by atoms with Crippen LogP contribution in [0.15, 0.2) is 24.3 Å². The number of carbonyl (C=O) groups is 1. The van der Waals surface area contributed by atoms with Crippen molar-refractivity contribution in [2.45, 2.75) is 19.4 Å². The first kappa shape index (κ1) is 15.9. The van der Waals surface area contributed by atoms with Crippen molar-refractivity contribution in [3.8, 4) is 5.75 Å². The van der Waals surface area contributed by atoms with Gasteiger partial charge in [-0.15, -0.1) is 0 Å². The summed E-state index contributed by atoms with van der Waals surface area (Å²) in [6.45, 7) is 5.66. The summed E-state index contributed by atoms with van der Waals surface area (Å²) in [5.41, 5.74) is 0.582. The van der Waals surface area contributed by atoms with Crippen molar-refractivity contribution >= 4 is 5.78 Å². The number of β-amino-alcohol motifs (C(OH)–C–C–N with tert-alkyl or cyclic N) is 1. The van der Waals surface area contributed by atoms with Crippen LogP contribution in [0.2, 0.25) is 0 Å². The third-order valence-electron chi connectivity index (χ3n) is 3.51. The Morgan fingerprint density at radius 1 is 1.38 bits per heavy atom. The average Bonchev–Trinajstić information content (AvgIpc) is 2.53. The Bertz CT molecular complexity index is 457. The number of benzene rings is 1. The predicted octanol–water partition coefficient (Wildman–Crippen LogP) is 1.35. The molecule has 0 unspecified atom stereocenters. The maximum atomic E-state index is 11.8. The second-order valence-electron chi connectivity index (χ2n) is 5.15. The number of aliphatic hydroxyl groups is 1. The number of rotatable bonds is 7. The van der Waals surface area contributed by atoms with E-state index in [0.29, 0.717) is 37.5 Å². The highest BCUT2D eigenvalue weighted by Gasteiger charge is 2.16. The number of nitrogens with zero attached hydrogens (tertiary/aromatic N) is 1. The molecule has 1 aliphatic heterocycles. The van der Waals surface area contributed by atoms with Gasteiger partial charge in [0, 0.05) is 26.1 Å². The molecular weight excluding hydrogens is 270 g/mol. The van der Waals surface area contributed by atoms with Crippen LogP contribution in [0.3, 0.4) is 0 Å². The van der Waals surface area contributed by atoms with Gasteiger partial charge >= 0.3 is 0 Å². The molecule has 0 amide bonds. The van der Waals surface area contributed by atoms with E-state index in [2.05, 4.69) is 4.90 Å². The summed E-state index contributed by atoms with van der Waals surface area (Å²) in [5.74, 6) is 0.596. The number of aliphatic hydroxyl groups excluding tert-OH is 1. The van der Waals surface area contributed by atoms with E-state index < -0.39 is 6.10 Å². The first-order valence-corrected chi connectivity index (χ1v) is 7.44. The lowest BCUT2D eigenvalue weighted by Crippen LogP contribution is -2.42. The standard InChI is InChI=1S/C16H23NO4/c1-2-15(19)14-5-3-4-6-16(14)21-12-13(18)11-17-7-9-20-10-8-17/h3-6,13,18H,2,7-12H2,1H3/t13-/m1/s1. The van der Waals surface area contributed by atoms with Crippen molar-refractivity contribution in [2.24, 2.45) is 0 Å². The molecule has 1 aromatic rings. The van der Waals surface area contributed by atoms with Crippen LogP contribution in [-0.4, -0.2) is 61.3 Å². The van der Waals surface area contributed by atoms with E-state index in [1.807, 2.05) is 19.1 Å². The Morgan fingerprint density at radius 2 is 2.10 bits per heavy atom. The van der Waals surface area contributed by atoms with Gasteiger partial charge < -0.3 is 14.6 Å². The fraction of sp³-hybridized carbons (Fsp3) is 0.562. The summed E-state index contributed by atoms with van der Waals surface area (Å²) in [6, 6.07) is 7.18. The van der Waals surface area contributed by atoms with Gasteiger partial charge in [-0.1, -0.05) is 19.1 Å². The average molecular weight is 293 g/mol. The number of carbonyl (C=O) groups excluding carboxylic acids is 1. The van der Waals surface area contributed by atoms with Crippen LogP contribution in [0.5, 0.6) is 5.75 Å². The molecule has 1 atom stereocenters. The molecule has 5 heteroatoms. The van der Waals surface area contributed by atoms with Crippen LogP contribution in [0.4, 0.5) is 0 Å². The zero-order valence-electron chi connectivity index (χ0n) is 12.5. The molecular formula is C16H23NO4. The lowest BCUT2D eigenvalue weighted by Gasteiger charge is -2.28. The van der Waals surface area contributed by atoms with E-state index in [9.17, 15) is 9.90 Å². The molecule has 0 radical (unpaired) electrons. The maximum absolute atomic E-state index is 11.8. The second-order valence-corrected chi connectivity index (χ2v) is 5.15. The van der Waals surface area contributed by atoms with Crippen molar-refractivity contribution in [3.63, 3.8) is 0 Å². The first-order chi connectivity index (χ1) is 10.2. The first-order valence-electron chi connectivity index (χ1n) is 7.44. The molecule has 116 valence electrons. The van der Waals surface area contributed by atoms with E-state index in [4.69, 9.17) is 9.47 Å². The molecule has 1 heterocycles. The second kappa shape index (κ2) is 8.12. The minimum atomic E-state index is -0.576. The number of hydrogen-bond donors (Lipinski definition) is 1. The summed E-state index contributed by atoms with van der Waals surface area (Å²) < 4.78 is 10.9. The minimum absolute atomic E-state index is 0.0493. The van der Waals surface area contributed by atoms with E-state index in [1.165, 1.54) is 0 Å². The fourth-order valence-corrected chi connectivity index (χ4v) is 2.33. The molecule has 1 saturated heterocycles. The zero-order valence-corrected chi connectivity index (χ0v) is 12.5. The summed E-state index contributed by atoms with van der Waals surface area (Å²) in [5, 5.41) is 10.1. The van der Waals surface area contributed by atoms with E-state index in [1.54, 1.807) is 12.1 Å². The van der Waals surface area contributed by atoms with E-state index in [0.717, 1.165) is 13.1 Å². The molecule has 1 fully saturated rings. The Kier molecular flexibility index (Phi) is 6.17. The highest BCUT2D eigenvalue weighted by atomic mass is 16.5. The highest BCUT2D eigenvalue weighted by molar-refractivity contribution is 5.98. The van der Waals surface area contributed by atoms with Crippen molar-refractivity contribution in [3.05, 3.63) is 29.8 Å². The fourth-order valence-electron chi connectivity index (χ4n) is 2.33. The van der Waals surface area contributed by atoms with Gasteiger partial charge in [0.2, 0.25) is 0 Å². The van der Waals surface area contributed by atoms with Crippen LogP contribution in [0, 0.1) is 0 Å². The lowest BCUT2D eigenvalue weighted by molar-refractivity contribution is 0.00457. The molecule has 1 aromatic carbocycles. The molecule has 0 saturated carbocycles. The van der Waals surface area contributed by atoms with Gasteiger partial charge in [0.05, 0.1) is 18.8 Å². The van der Waals surface area contributed by atoms with Gasteiger partial charge in [-0.2, -0.15) is 0 Å². The molecule has 5 nitrogen and oxygen atoms in total. The number of ketones is 1. The number of ether oxygens (including phenoxy) is 2. The van der Waals surface area contributed by atoms with Crippen LogP contribution in [-0.2, 0) is 4.74 Å². The topological polar surface area (TPSA) is 59.0 Å². The third-order valence-corrected chi connectivity index (χ3v) is 3.51. The minimum Gasteiger partial charge on any atom is -0.490 e. The Labute approximate surface area is 125 Å². The number of hydrogen-bond acceptors (Lipinski definition) is 5. The van der Waals surface area contributed by atoms with Crippen LogP contribution < -0.4 is 4.74 Å². The van der Waals surface area contributed by atoms with Crippen LogP contribution in [0.1, 0.15) is 23.7 Å². The van der Waals surface area contributed by atoms with E-state index in [-0.39, 0.29) is 12.4 Å². The number of Topliss-reactive ketones (excluding diaryl/α,β-unsaturated/α-hetero) is 1. The third kappa shape index (κ3) is 4.81. The molecule has 0 bridgehead atoms. The zero-order chi connectivity index (χ0) is 15.1. The van der Waals surface area contributed by atoms with Gasteiger partial charge in [-0.3, -0.25) is 9.69 Å². The van der Waals surface area contributed by atoms with Gasteiger partial charge in [-0.25, -0.2) is 0 Å². The van der Waals surface area contributed by atoms with Crippen molar-refractivity contribution < 1.29 is 19.4 Å². The smallest absolute Gasteiger partial charge is 0.166 e. The van der Waals surface area contributed by atoms with Crippen molar-refractivity contribution in [2.75, 3.05) is 39.5 Å². The molecule has 0 aromatic heterocycles. The Balaban J connectivity index is 1.86. The summed E-state index contributed by atoms with van der Waals surface area (Å²) >= 11 is 0. The van der Waals surface area contributed by atoms with Gasteiger partial charge in [0.15, 0.2) is 5.78 Å². The number of morpholine rings is 1. The normalized spacial score (nSPS) is 17.4. The van der Waals surface area contributed by atoms with E-state index >= 15 is 0 Å². The van der Waals surface area contributed by atoms with Crippen LogP contribution >= 0.6 is 0 Å². The van der Waals surface area contributed by atoms with Crippen molar-refractivity contribution in [1.82, 2.24) is 4.90 Å². The monoisotopic (exact) mass is 293 g/mol. The molecule has 0 spiro atoms. The van der Waals surface area contributed by atoms with Gasteiger partial charge in [-0.05, 0) is 12.1 Å². The Hall–Kier alpha value is -1.43. The number of para-hydroxylation sites is 1. The highest BCUT2D eigenvalue weighted by Crippen LogP contribution is 2.19. The predicted molar refractivity (Wildman–Crippen MR) is 79.8 cm³/mol. The molecule has 1 aliphatic rings. The summed E-state index contributed by atoms with van der Waals surface area (Å²) in [4.78, 5) is 14.0. The maximum Gasteiger partial charge on any atom is 0.166 e. The summed E-state index contributed by atoms with van der Waals surface area (Å²) in [7, 11) is 0. The molecule has 1 N–H and O–H groups in total. The quantitative estimate of drug-likeness (QED) is 0.769. The molecule has 21 heavy (non-hydrogen) atoms. The Morgan fingerprint density at radius 3 is 2.81 bits per heavy atom. The molecule has 2 rings (SSSR count). The van der Waals surface area contributed by atoms with Gasteiger partial charge in [0.25, 0.3) is 0 Å². The van der Waals surface area contributed by atoms with Gasteiger partial charge in [0.1, 0.15) is 18.5 Å². The van der Waals surface area contributed by atoms with Crippen molar-refractivity contribution in [1.29, 1.82) is 0 Å². The molecule has 0 aliphatic carbocycles. The largest absolute Gasteiger partial charge is 0.490 e. The van der Waals surface area contributed by atoms with Crippen LogP contribution in [0.25, 0.3) is 0 Å².